The molecule has 0 N–H and O–H groups in total. The fraction of sp³-hybridized carbons (Fsp3) is 0.357. The second-order valence-corrected chi connectivity index (χ2v) is 4.68. The molecule has 0 saturated carbocycles. The predicted octanol–water partition coefficient (Wildman–Crippen LogP) is 1.39. The van der Waals surface area contributed by atoms with Crippen molar-refractivity contribution >= 4 is 11.8 Å². The maximum Gasteiger partial charge on any atom is 0.396 e. The number of anilines is 1. The molecule has 0 atom stereocenters. The summed E-state index contributed by atoms with van der Waals surface area (Å²) in [5.74, 6) is -0.0659. The molecule has 8 nitrogen and oxygen atoms in total. The fourth-order valence-corrected chi connectivity index (χ4v) is 2.06. The molecule has 22 heavy (non-hydrogen) atoms. The van der Waals surface area contributed by atoms with Gasteiger partial charge in [0.15, 0.2) is 0 Å². The van der Waals surface area contributed by atoms with Crippen molar-refractivity contribution in [2.75, 3.05) is 24.6 Å². The van der Waals surface area contributed by atoms with Gasteiger partial charge in [0.1, 0.15) is 11.9 Å². The molecular formula is C14H13N5O3. The van der Waals surface area contributed by atoms with Crippen molar-refractivity contribution in [2.24, 2.45) is 0 Å². The van der Waals surface area contributed by atoms with Gasteiger partial charge in [0.05, 0.1) is 17.7 Å². The second-order valence-electron chi connectivity index (χ2n) is 4.68. The summed E-state index contributed by atoms with van der Waals surface area (Å²) in [5, 5.41) is 16.6. The molecule has 2 aromatic heterocycles. The van der Waals surface area contributed by atoms with Gasteiger partial charge < -0.3 is 14.1 Å². The van der Waals surface area contributed by atoms with E-state index in [-0.39, 0.29) is 18.4 Å². The summed E-state index contributed by atoms with van der Waals surface area (Å²) in [5.41, 5.74) is 0.928. The molecule has 1 saturated heterocycles. The number of aromatic nitrogens is 3. The molecule has 2 aromatic rings. The van der Waals surface area contributed by atoms with E-state index in [9.17, 15) is 4.79 Å². The Kier molecular flexibility index (Phi) is 3.70. The van der Waals surface area contributed by atoms with Gasteiger partial charge in [-0.25, -0.2) is 9.78 Å². The Morgan fingerprint density at radius 2 is 2.32 bits per heavy atom. The van der Waals surface area contributed by atoms with E-state index in [1.807, 2.05) is 11.0 Å². The number of hydrogen-bond donors (Lipinski definition) is 0. The number of nitriles is 1. The van der Waals surface area contributed by atoms with Crippen LogP contribution >= 0.6 is 0 Å². The van der Waals surface area contributed by atoms with Gasteiger partial charge in [-0.2, -0.15) is 5.26 Å². The van der Waals surface area contributed by atoms with E-state index >= 15 is 0 Å². The van der Waals surface area contributed by atoms with Gasteiger partial charge in [-0.3, -0.25) is 0 Å². The number of rotatable bonds is 4. The van der Waals surface area contributed by atoms with E-state index in [1.165, 1.54) is 6.20 Å². The minimum atomic E-state index is -0.670. The van der Waals surface area contributed by atoms with E-state index in [4.69, 9.17) is 14.4 Å². The number of pyridine rings is 1. The van der Waals surface area contributed by atoms with Crippen LogP contribution in [0.3, 0.4) is 0 Å². The van der Waals surface area contributed by atoms with Crippen LogP contribution in [-0.2, 0) is 4.74 Å². The van der Waals surface area contributed by atoms with Crippen molar-refractivity contribution in [3.05, 3.63) is 23.7 Å². The molecule has 1 fully saturated rings. The van der Waals surface area contributed by atoms with Crippen LogP contribution in [0.2, 0.25) is 0 Å². The Morgan fingerprint density at radius 1 is 1.50 bits per heavy atom. The van der Waals surface area contributed by atoms with Crippen molar-refractivity contribution in [3.8, 4) is 17.5 Å². The standard InChI is InChI=1S/C14H13N5O3/c1-2-21-14(20)13-18-17-12(22-13)10-6-9(7-15)8-16-11(10)19-4-3-5-19/h6,8H,2-5H2,1H3. The summed E-state index contributed by atoms with van der Waals surface area (Å²) in [6.07, 6.45) is 2.58. The quantitative estimate of drug-likeness (QED) is 0.780. The zero-order chi connectivity index (χ0) is 15.5. The number of hydrogen-bond acceptors (Lipinski definition) is 8. The van der Waals surface area contributed by atoms with Gasteiger partial charge in [-0.1, -0.05) is 0 Å². The Morgan fingerprint density at radius 3 is 2.95 bits per heavy atom. The van der Waals surface area contributed by atoms with Crippen molar-refractivity contribution in [1.82, 2.24) is 15.2 Å². The first-order valence-electron chi connectivity index (χ1n) is 6.89. The first kappa shape index (κ1) is 14.0. The number of carbonyl (C=O) groups excluding carboxylic acids is 1. The monoisotopic (exact) mass is 299 g/mol. The highest BCUT2D eigenvalue weighted by Gasteiger charge is 2.24. The molecule has 0 aromatic carbocycles. The largest absolute Gasteiger partial charge is 0.459 e. The predicted molar refractivity (Wildman–Crippen MR) is 75.0 cm³/mol. The summed E-state index contributed by atoms with van der Waals surface area (Å²) in [6, 6.07) is 3.65. The third kappa shape index (κ3) is 2.48. The number of ether oxygens (including phenoxy) is 1. The van der Waals surface area contributed by atoms with Crippen molar-refractivity contribution in [3.63, 3.8) is 0 Å². The smallest absolute Gasteiger partial charge is 0.396 e. The average Bonchev–Trinajstić information content (AvgIpc) is 2.96. The van der Waals surface area contributed by atoms with Crippen LogP contribution < -0.4 is 4.90 Å². The molecule has 1 aliphatic heterocycles. The number of esters is 1. The molecule has 0 unspecified atom stereocenters. The zero-order valence-corrected chi connectivity index (χ0v) is 11.9. The molecular weight excluding hydrogens is 286 g/mol. The SMILES string of the molecule is CCOC(=O)c1nnc(-c2cc(C#N)cnc2N2CCC2)o1. The second kappa shape index (κ2) is 5.81. The maximum absolute atomic E-state index is 11.6. The minimum Gasteiger partial charge on any atom is -0.459 e. The van der Waals surface area contributed by atoms with Gasteiger partial charge in [0, 0.05) is 19.3 Å². The van der Waals surface area contributed by atoms with Crippen molar-refractivity contribution < 1.29 is 13.9 Å². The van der Waals surface area contributed by atoms with Gasteiger partial charge in [-0.15, -0.1) is 10.2 Å². The lowest BCUT2D eigenvalue weighted by molar-refractivity contribution is 0.0481. The van der Waals surface area contributed by atoms with Crippen LogP contribution in [-0.4, -0.2) is 40.8 Å². The van der Waals surface area contributed by atoms with E-state index in [1.54, 1.807) is 13.0 Å². The highest BCUT2D eigenvalue weighted by Crippen LogP contribution is 2.31. The molecule has 1 aliphatic rings. The third-order valence-corrected chi connectivity index (χ3v) is 3.26. The van der Waals surface area contributed by atoms with Crippen molar-refractivity contribution in [2.45, 2.75) is 13.3 Å². The fourth-order valence-electron chi connectivity index (χ4n) is 2.06. The summed E-state index contributed by atoms with van der Waals surface area (Å²) in [7, 11) is 0. The average molecular weight is 299 g/mol. The summed E-state index contributed by atoms with van der Waals surface area (Å²) >= 11 is 0. The highest BCUT2D eigenvalue weighted by molar-refractivity contribution is 5.84. The topological polar surface area (TPSA) is 105 Å². The Hall–Kier alpha value is -2.95. The van der Waals surface area contributed by atoms with E-state index in [0.717, 1.165) is 19.5 Å². The van der Waals surface area contributed by atoms with Crippen LogP contribution in [0.1, 0.15) is 29.6 Å². The summed E-state index contributed by atoms with van der Waals surface area (Å²) < 4.78 is 10.2. The number of nitrogens with zero attached hydrogens (tertiary/aromatic N) is 5. The Labute approximate surface area is 126 Å². The van der Waals surface area contributed by atoms with E-state index in [2.05, 4.69) is 15.2 Å². The van der Waals surface area contributed by atoms with Crippen LogP contribution in [0.15, 0.2) is 16.7 Å². The van der Waals surface area contributed by atoms with Crippen LogP contribution in [0.4, 0.5) is 5.82 Å². The van der Waals surface area contributed by atoms with Crippen LogP contribution in [0.25, 0.3) is 11.5 Å². The first-order valence-corrected chi connectivity index (χ1v) is 6.89. The molecule has 112 valence electrons. The number of carbonyl (C=O) groups is 1. The maximum atomic E-state index is 11.6. The minimum absolute atomic E-state index is 0.148. The molecule has 0 amide bonds. The Balaban J connectivity index is 1.99. The molecule has 0 aliphatic carbocycles. The van der Waals surface area contributed by atoms with Gasteiger partial charge >= 0.3 is 11.9 Å². The molecule has 3 rings (SSSR count). The van der Waals surface area contributed by atoms with Crippen molar-refractivity contribution in [1.29, 1.82) is 5.26 Å². The molecule has 3 heterocycles. The molecule has 0 radical (unpaired) electrons. The van der Waals surface area contributed by atoms with Crippen LogP contribution in [0, 0.1) is 11.3 Å². The summed E-state index contributed by atoms with van der Waals surface area (Å²) in [4.78, 5) is 17.9. The van der Waals surface area contributed by atoms with E-state index < -0.39 is 5.97 Å². The Bertz CT molecular complexity index is 745. The summed E-state index contributed by atoms with van der Waals surface area (Å²) in [6.45, 7) is 3.67. The normalized spacial score (nSPS) is 13.4. The molecule has 0 bridgehead atoms. The first-order chi connectivity index (χ1) is 10.7. The van der Waals surface area contributed by atoms with Gasteiger partial charge in [-0.05, 0) is 19.4 Å². The van der Waals surface area contributed by atoms with Gasteiger partial charge in [0.2, 0.25) is 0 Å². The van der Waals surface area contributed by atoms with Crippen LogP contribution in [0.5, 0.6) is 0 Å². The molecule has 0 spiro atoms. The lowest BCUT2D eigenvalue weighted by atomic mass is 10.1. The zero-order valence-electron chi connectivity index (χ0n) is 11.9. The lowest BCUT2D eigenvalue weighted by Crippen LogP contribution is -2.38. The molecule has 8 heteroatoms. The lowest BCUT2D eigenvalue weighted by Gasteiger charge is -2.32. The van der Waals surface area contributed by atoms with Gasteiger partial charge in [0.25, 0.3) is 5.89 Å². The highest BCUT2D eigenvalue weighted by atomic mass is 16.5. The third-order valence-electron chi connectivity index (χ3n) is 3.26. The van der Waals surface area contributed by atoms with E-state index in [0.29, 0.717) is 16.9 Å².